The van der Waals surface area contributed by atoms with Crippen molar-refractivity contribution in [3.05, 3.63) is 35.2 Å². The van der Waals surface area contributed by atoms with Crippen molar-refractivity contribution in [1.82, 2.24) is 9.88 Å². The predicted octanol–water partition coefficient (Wildman–Crippen LogP) is 1.74. The van der Waals surface area contributed by atoms with E-state index in [0.717, 1.165) is 18.5 Å². The Morgan fingerprint density at radius 2 is 2.00 bits per heavy atom. The lowest BCUT2D eigenvalue weighted by Gasteiger charge is -2.46. The number of carbonyl (C=O) groups excluding carboxylic acids is 2. The number of nitrogens with one attached hydrogen (secondary N) is 1. The third-order valence-electron chi connectivity index (χ3n) is 5.46. The highest BCUT2D eigenvalue weighted by molar-refractivity contribution is 6.26. The fourth-order valence-corrected chi connectivity index (χ4v) is 4.18. The van der Waals surface area contributed by atoms with Gasteiger partial charge in [-0.05, 0) is 31.1 Å². The van der Waals surface area contributed by atoms with E-state index in [0.29, 0.717) is 18.5 Å². The molecular formula is C20H26N2O5. The number of Topliss-reactive ketones (excluding diaryl/α,β-unsaturated/α-hetero) is 1. The number of aliphatic carboxylic acids is 1. The van der Waals surface area contributed by atoms with Crippen LogP contribution in [0.4, 0.5) is 0 Å². The molecule has 1 saturated carbocycles. The quantitative estimate of drug-likeness (QED) is 0.699. The molecule has 1 spiro atoms. The van der Waals surface area contributed by atoms with Gasteiger partial charge in [-0.15, -0.1) is 0 Å². The molecule has 1 aliphatic heterocycles. The van der Waals surface area contributed by atoms with E-state index in [9.17, 15) is 19.5 Å². The first-order valence-electron chi connectivity index (χ1n) is 9.26. The number of aliphatic hydroxyl groups excluding tert-OH is 1. The minimum absolute atomic E-state index is 0.0942. The van der Waals surface area contributed by atoms with Crippen molar-refractivity contribution in [3.63, 3.8) is 0 Å². The molecule has 0 bridgehead atoms. The summed E-state index contributed by atoms with van der Waals surface area (Å²) in [7, 11) is 0. The molecule has 0 radical (unpaired) electrons. The number of amides is 1. The van der Waals surface area contributed by atoms with E-state index in [1.54, 1.807) is 12.1 Å². The third kappa shape index (κ3) is 3.20. The number of carbonyl (C=O) groups is 3. The highest BCUT2D eigenvalue weighted by atomic mass is 16.4. The van der Waals surface area contributed by atoms with Gasteiger partial charge in [0.25, 0.3) is 5.91 Å². The first kappa shape index (κ1) is 19.4. The van der Waals surface area contributed by atoms with Crippen LogP contribution >= 0.6 is 0 Å². The number of fused-ring (bicyclic) bond motifs is 2. The Morgan fingerprint density at radius 1 is 1.30 bits per heavy atom. The second-order valence-corrected chi connectivity index (χ2v) is 8.41. The van der Waals surface area contributed by atoms with Crippen LogP contribution in [0.5, 0.6) is 0 Å². The summed E-state index contributed by atoms with van der Waals surface area (Å²) in [6, 6.07) is 3.58. The minimum atomic E-state index is -1.18. The Hall–Kier alpha value is -2.41. The molecule has 2 heterocycles. The Bertz CT molecular complexity index is 830. The largest absolute Gasteiger partial charge is 0.480 e. The number of hydrogen-bond acceptors (Lipinski definition) is 4. The predicted molar refractivity (Wildman–Crippen MR) is 98.6 cm³/mol. The maximum Gasteiger partial charge on any atom is 0.322 e. The Balaban J connectivity index is 2.16. The zero-order valence-electron chi connectivity index (χ0n) is 15.9. The van der Waals surface area contributed by atoms with Crippen molar-refractivity contribution in [2.45, 2.75) is 63.5 Å². The number of nitrogens with zero attached hydrogens (tertiary/aromatic N) is 1. The summed E-state index contributed by atoms with van der Waals surface area (Å²) in [6.45, 7) is 5.57. The van der Waals surface area contributed by atoms with E-state index in [1.807, 2.05) is 31.4 Å². The molecule has 1 fully saturated rings. The average molecular weight is 374 g/mol. The first-order chi connectivity index (χ1) is 12.6. The van der Waals surface area contributed by atoms with Gasteiger partial charge in [0.05, 0.1) is 22.9 Å². The Labute approximate surface area is 158 Å². The summed E-state index contributed by atoms with van der Waals surface area (Å²) in [4.78, 5) is 36.3. The maximum atomic E-state index is 13.0. The molecular weight excluding hydrogens is 348 g/mol. The van der Waals surface area contributed by atoms with Crippen LogP contribution in [0.2, 0.25) is 0 Å². The summed E-state index contributed by atoms with van der Waals surface area (Å²) in [5, 5.41) is 22.0. The Morgan fingerprint density at radius 3 is 2.59 bits per heavy atom. The van der Waals surface area contributed by atoms with Gasteiger partial charge in [-0.2, -0.15) is 0 Å². The van der Waals surface area contributed by atoms with Crippen LogP contribution in [0.15, 0.2) is 23.8 Å². The molecule has 7 heteroatoms. The molecule has 3 rings (SSSR count). The number of carboxylic acid groups (broad SMARTS) is 1. The van der Waals surface area contributed by atoms with Gasteiger partial charge in [0.2, 0.25) is 5.78 Å². The van der Waals surface area contributed by atoms with Gasteiger partial charge in [0.15, 0.2) is 0 Å². The summed E-state index contributed by atoms with van der Waals surface area (Å²) >= 11 is 0. The molecule has 27 heavy (non-hydrogen) atoms. The van der Waals surface area contributed by atoms with E-state index in [2.05, 4.69) is 5.32 Å². The number of rotatable bonds is 3. The highest BCUT2D eigenvalue weighted by Crippen LogP contribution is 2.44. The van der Waals surface area contributed by atoms with Crippen molar-refractivity contribution in [2.24, 2.45) is 0 Å². The van der Waals surface area contributed by atoms with Crippen molar-refractivity contribution in [2.75, 3.05) is 6.54 Å². The van der Waals surface area contributed by atoms with Gasteiger partial charge in [0, 0.05) is 11.1 Å². The smallest absolute Gasteiger partial charge is 0.322 e. The Kier molecular flexibility index (Phi) is 4.76. The van der Waals surface area contributed by atoms with Crippen molar-refractivity contribution in [3.8, 4) is 0 Å². The molecule has 1 aromatic rings. The topological polar surface area (TPSA) is 109 Å². The lowest BCUT2D eigenvalue weighted by molar-refractivity contribution is -0.137. The van der Waals surface area contributed by atoms with Gasteiger partial charge in [-0.1, -0.05) is 33.6 Å². The SMILES string of the molecule is CC(C)(C)c1ccc2n1C1(C=C(C(=O)NCC(=O)O)C2=O)CCCCC1O. The summed E-state index contributed by atoms with van der Waals surface area (Å²) in [5.41, 5.74) is 0.0727. The molecule has 2 atom stereocenters. The van der Waals surface area contributed by atoms with Crippen LogP contribution in [0.1, 0.15) is 62.6 Å². The third-order valence-corrected chi connectivity index (χ3v) is 5.46. The van der Waals surface area contributed by atoms with Gasteiger partial charge in [-0.3, -0.25) is 14.4 Å². The number of aromatic nitrogens is 1. The molecule has 2 aliphatic rings. The van der Waals surface area contributed by atoms with Gasteiger partial charge >= 0.3 is 5.97 Å². The normalized spacial score (nSPS) is 25.1. The first-order valence-corrected chi connectivity index (χ1v) is 9.26. The van der Waals surface area contributed by atoms with Crippen LogP contribution in [-0.2, 0) is 20.5 Å². The number of carboxylic acids is 1. The van der Waals surface area contributed by atoms with Crippen LogP contribution in [0, 0.1) is 0 Å². The number of aliphatic hydroxyl groups is 1. The lowest BCUT2D eigenvalue weighted by atomic mass is 9.74. The van der Waals surface area contributed by atoms with Crippen molar-refractivity contribution in [1.29, 1.82) is 0 Å². The molecule has 1 amide bonds. The van der Waals surface area contributed by atoms with Gasteiger partial charge < -0.3 is 20.1 Å². The second kappa shape index (κ2) is 6.64. The van der Waals surface area contributed by atoms with Crippen LogP contribution in [-0.4, -0.2) is 45.1 Å². The molecule has 1 aliphatic carbocycles. The monoisotopic (exact) mass is 374 g/mol. The standard InChI is InChI=1S/C20H26N2O5/c1-19(2,3)14-8-7-13-17(26)12(18(27)21-11-16(24)25)10-20(22(13)14)9-5-4-6-15(20)23/h7-8,10,15,23H,4-6,9,11H2,1-3H3,(H,21,27)(H,24,25). The zero-order chi connectivity index (χ0) is 20.0. The summed E-state index contributed by atoms with van der Waals surface area (Å²) < 4.78 is 1.91. The van der Waals surface area contributed by atoms with Crippen LogP contribution in [0.3, 0.4) is 0 Å². The zero-order valence-corrected chi connectivity index (χ0v) is 15.9. The molecule has 2 unspecified atom stereocenters. The molecule has 0 aromatic carbocycles. The van der Waals surface area contributed by atoms with Crippen molar-refractivity contribution < 1.29 is 24.6 Å². The van der Waals surface area contributed by atoms with Crippen LogP contribution in [0.25, 0.3) is 0 Å². The average Bonchev–Trinajstić information content (AvgIpc) is 3.05. The molecule has 1 aromatic heterocycles. The lowest BCUT2D eigenvalue weighted by Crippen LogP contribution is -2.52. The molecule has 3 N–H and O–H groups in total. The molecule has 7 nitrogen and oxygen atoms in total. The van der Waals surface area contributed by atoms with Gasteiger partial charge in [-0.25, -0.2) is 0 Å². The highest BCUT2D eigenvalue weighted by Gasteiger charge is 2.48. The van der Waals surface area contributed by atoms with E-state index >= 15 is 0 Å². The molecule has 146 valence electrons. The van der Waals surface area contributed by atoms with Crippen LogP contribution < -0.4 is 5.32 Å². The fourth-order valence-electron chi connectivity index (χ4n) is 4.18. The molecule has 0 saturated heterocycles. The van der Waals surface area contributed by atoms with Gasteiger partial charge in [0.1, 0.15) is 6.54 Å². The van der Waals surface area contributed by atoms with Crippen molar-refractivity contribution >= 4 is 17.7 Å². The summed E-state index contributed by atoms with van der Waals surface area (Å²) in [5.74, 6) is -2.35. The maximum absolute atomic E-state index is 13.0. The second-order valence-electron chi connectivity index (χ2n) is 8.41. The van der Waals surface area contributed by atoms with E-state index < -0.39 is 35.8 Å². The van der Waals surface area contributed by atoms with E-state index in [1.165, 1.54) is 0 Å². The van der Waals surface area contributed by atoms with E-state index in [4.69, 9.17) is 5.11 Å². The number of hydrogen-bond donors (Lipinski definition) is 3. The summed E-state index contributed by atoms with van der Waals surface area (Å²) in [6.07, 6.45) is 3.78. The fraction of sp³-hybridized carbons (Fsp3) is 0.550. The number of ketones is 1. The van der Waals surface area contributed by atoms with E-state index in [-0.39, 0.29) is 11.0 Å². The minimum Gasteiger partial charge on any atom is -0.480 e.